The number of nitrogens with one attached hydrogen (secondary N) is 1. The summed E-state index contributed by atoms with van der Waals surface area (Å²) in [5.41, 5.74) is 1.81. The maximum Gasteiger partial charge on any atom is 0.294 e. The third-order valence-electron chi connectivity index (χ3n) is 4.68. The van der Waals surface area contributed by atoms with Crippen LogP contribution in [-0.4, -0.2) is 43.8 Å². The lowest BCUT2D eigenvalue weighted by atomic mass is 10.00. The fraction of sp³-hybridized carbons (Fsp3) is 0.533. The molecule has 1 N–H and O–H groups in total. The molecule has 2 heterocycles. The molecule has 24 heavy (non-hydrogen) atoms. The highest BCUT2D eigenvalue weighted by molar-refractivity contribution is 7.91. The fourth-order valence-electron chi connectivity index (χ4n) is 3.33. The van der Waals surface area contributed by atoms with Crippen molar-refractivity contribution in [3.63, 3.8) is 0 Å². The molecule has 1 fully saturated rings. The van der Waals surface area contributed by atoms with Gasteiger partial charge in [-0.25, -0.2) is 8.42 Å². The molecule has 9 heteroatoms. The Labute approximate surface area is 139 Å². The van der Waals surface area contributed by atoms with E-state index in [4.69, 9.17) is 0 Å². The number of nitrogens with zero attached hydrogens (tertiary/aromatic N) is 2. The molecule has 130 valence electrons. The minimum Gasteiger partial charge on any atom is -0.366 e. The lowest BCUT2D eigenvalue weighted by Crippen LogP contribution is -2.39. The van der Waals surface area contributed by atoms with E-state index in [1.807, 2.05) is 4.90 Å². The minimum absolute atomic E-state index is 0.0613. The third-order valence-corrected chi connectivity index (χ3v) is 6.36. The lowest BCUT2D eigenvalue weighted by molar-refractivity contribution is -0.384. The van der Waals surface area contributed by atoms with Gasteiger partial charge in [0.25, 0.3) is 5.69 Å². The molecular weight excluding hydrogens is 334 g/mol. The van der Waals surface area contributed by atoms with Crippen molar-refractivity contribution in [1.82, 2.24) is 0 Å². The van der Waals surface area contributed by atoms with Crippen molar-refractivity contribution in [3.8, 4) is 0 Å². The number of fused-ring (bicyclic) bond motifs is 1. The smallest absolute Gasteiger partial charge is 0.294 e. The van der Waals surface area contributed by atoms with Crippen molar-refractivity contribution < 1.29 is 18.1 Å². The Bertz CT molecular complexity index is 798. The van der Waals surface area contributed by atoms with Crippen molar-refractivity contribution in [2.75, 3.05) is 29.6 Å². The van der Waals surface area contributed by atoms with Gasteiger partial charge >= 0.3 is 0 Å². The van der Waals surface area contributed by atoms with E-state index < -0.39 is 14.8 Å². The van der Waals surface area contributed by atoms with Crippen LogP contribution in [0.2, 0.25) is 0 Å². The zero-order valence-corrected chi connectivity index (χ0v) is 14.1. The van der Waals surface area contributed by atoms with E-state index in [1.165, 1.54) is 12.3 Å². The first-order chi connectivity index (χ1) is 11.3. The number of benzene rings is 1. The first kappa shape index (κ1) is 16.7. The van der Waals surface area contributed by atoms with Gasteiger partial charge in [-0.05, 0) is 30.9 Å². The van der Waals surface area contributed by atoms with E-state index >= 15 is 0 Å². The highest BCUT2D eigenvalue weighted by atomic mass is 32.2. The van der Waals surface area contributed by atoms with Gasteiger partial charge in [0, 0.05) is 31.8 Å². The molecule has 1 aromatic rings. The van der Waals surface area contributed by atoms with Crippen LogP contribution in [-0.2, 0) is 21.1 Å². The highest BCUT2D eigenvalue weighted by Crippen LogP contribution is 2.37. The normalized spacial score (nSPS) is 18.9. The van der Waals surface area contributed by atoms with Crippen molar-refractivity contribution in [3.05, 3.63) is 27.8 Å². The van der Waals surface area contributed by atoms with E-state index in [-0.39, 0.29) is 16.8 Å². The zero-order chi connectivity index (χ0) is 17.5. The number of carbonyl (C=O) groups is 1. The number of hydrogen-bond acceptors (Lipinski definition) is 6. The number of carbonyl (C=O) groups excluding carboxylic acids is 1. The molecule has 1 saturated heterocycles. The monoisotopic (exact) mass is 353 g/mol. The third kappa shape index (κ3) is 3.21. The molecule has 1 aromatic carbocycles. The minimum atomic E-state index is -3.09. The number of rotatable bonds is 3. The molecule has 0 bridgehead atoms. The van der Waals surface area contributed by atoms with Crippen LogP contribution in [0.4, 0.5) is 17.1 Å². The number of anilines is 2. The van der Waals surface area contributed by atoms with Gasteiger partial charge in [0.15, 0.2) is 0 Å². The summed E-state index contributed by atoms with van der Waals surface area (Å²) < 4.78 is 23.3. The van der Waals surface area contributed by atoms with Gasteiger partial charge in [0.05, 0.1) is 15.9 Å². The van der Waals surface area contributed by atoms with Crippen LogP contribution in [0.25, 0.3) is 0 Å². The van der Waals surface area contributed by atoms with E-state index in [0.29, 0.717) is 50.1 Å². The molecular formula is C15H19N3O5S. The van der Waals surface area contributed by atoms with E-state index in [9.17, 15) is 23.3 Å². The maximum absolute atomic E-state index is 11.7. The number of nitro benzene ring substituents is 1. The average molecular weight is 353 g/mol. The van der Waals surface area contributed by atoms with Crippen LogP contribution in [0.1, 0.15) is 24.8 Å². The molecule has 0 unspecified atom stereocenters. The Hall–Kier alpha value is -2.16. The van der Waals surface area contributed by atoms with Crippen LogP contribution in [0.5, 0.6) is 0 Å². The molecule has 2 aliphatic heterocycles. The van der Waals surface area contributed by atoms with E-state index in [0.717, 1.165) is 5.56 Å². The zero-order valence-electron chi connectivity index (χ0n) is 13.3. The second kappa shape index (κ2) is 6.04. The molecule has 3 rings (SSSR count). The fourth-order valence-corrected chi connectivity index (χ4v) is 4.40. The van der Waals surface area contributed by atoms with Crippen molar-refractivity contribution in [2.24, 2.45) is 0 Å². The van der Waals surface area contributed by atoms with E-state index in [2.05, 4.69) is 5.32 Å². The van der Waals surface area contributed by atoms with Crippen LogP contribution in [0.15, 0.2) is 12.1 Å². The molecule has 2 aliphatic rings. The predicted octanol–water partition coefficient (Wildman–Crippen LogP) is 1.49. The van der Waals surface area contributed by atoms with Gasteiger partial charge < -0.3 is 10.2 Å². The standard InChI is InChI=1S/C15H19N3O5S/c1-24(22,23)11-4-6-17(7-5-11)13-8-10-2-3-15(19)16-12(10)9-14(13)18(20)21/h8-9,11H,2-7H2,1H3,(H,16,19). The van der Waals surface area contributed by atoms with Gasteiger partial charge in [-0.2, -0.15) is 0 Å². The Morgan fingerprint density at radius 1 is 1.25 bits per heavy atom. The quantitative estimate of drug-likeness (QED) is 0.651. The summed E-state index contributed by atoms with van der Waals surface area (Å²) in [6.07, 6.45) is 3.07. The van der Waals surface area contributed by atoms with Gasteiger partial charge in [-0.1, -0.05) is 0 Å². The molecule has 0 spiro atoms. The van der Waals surface area contributed by atoms with Crippen molar-refractivity contribution in [1.29, 1.82) is 0 Å². The Kier molecular flexibility index (Phi) is 4.20. The molecule has 0 radical (unpaired) electrons. The van der Waals surface area contributed by atoms with Crippen LogP contribution in [0, 0.1) is 10.1 Å². The second-order valence-electron chi connectivity index (χ2n) is 6.32. The van der Waals surface area contributed by atoms with Crippen molar-refractivity contribution >= 4 is 32.8 Å². The number of aryl methyl sites for hydroxylation is 1. The van der Waals surface area contributed by atoms with Gasteiger partial charge in [0.2, 0.25) is 5.91 Å². The van der Waals surface area contributed by atoms with Crippen LogP contribution in [0.3, 0.4) is 0 Å². The maximum atomic E-state index is 11.7. The number of piperidine rings is 1. The van der Waals surface area contributed by atoms with E-state index in [1.54, 1.807) is 6.07 Å². The largest absolute Gasteiger partial charge is 0.366 e. The average Bonchev–Trinajstić information content (AvgIpc) is 2.52. The summed E-state index contributed by atoms with van der Waals surface area (Å²) in [7, 11) is -3.09. The molecule has 1 amide bonds. The summed E-state index contributed by atoms with van der Waals surface area (Å²) in [6.45, 7) is 0.924. The summed E-state index contributed by atoms with van der Waals surface area (Å²) >= 11 is 0. The molecule has 0 aromatic heterocycles. The van der Waals surface area contributed by atoms with Crippen LogP contribution < -0.4 is 10.2 Å². The first-order valence-electron chi connectivity index (χ1n) is 7.80. The number of sulfone groups is 1. The summed E-state index contributed by atoms with van der Waals surface area (Å²) in [6, 6.07) is 3.16. The Balaban J connectivity index is 1.91. The lowest BCUT2D eigenvalue weighted by Gasteiger charge is -2.33. The summed E-state index contributed by atoms with van der Waals surface area (Å²) in [4.78, 5) is 24.3. The predicted molar refractivity (Wildman–Crippen MR) is 90.1 cm³/mol. The summed E-state index contributed by atoms with van der Waals surface area (Å²) in [5, 5.41) is 13.7. The Morgan fingerprint density at radius 2 is 1.92 bits per heavy atom. The van der Waals surface area contributed by atoms with Crippen LogP contribution >= 0.6 is 0 Å². The first-order valence-corrected chi connectivity index (χ1v) is 9.76. The van der Waals surface area contributed by atoms with Gasteiger partial charge in [0.1, 0.15) is 15.5 Å². The topological polar surface area (TPSA) is 110 Å². The number of nitro groups is 1. The second-order valence-corrected chi connectivity index (χ2v) is 8.65. The van der Waals surface area contributed by atoms with Gasteiger partial charge in [-0.3, -0.25) is 14.9 Å². The molecule has 0 atom stereocenters. The summed E-state index contributed by atoms with van der Waals surface area (Å²) in [5.74, 6) is -0.140. The van der Waals surface area contributed by atoms with Gasteiger partial charge in [-0.15, -0.1) is 0 Å². The molecule has 0 saturated carbocycles. The Morgan fingerprint density at radius 3 is 2.50 bits per heavy atom. The number of amides is 1. The highest BCUT2D eigenvalue weighted by Gasteiger charge is 2.31. The number of hydrogen-bond donors (Lipinski definition) is 1. The van der Waals surface area contributed by atoms with Crippen molar-refractivity contribution in [2.45, 2.75) is 30.9 Å². The molecule has 0 aliphatic carbocycles. The SMILES string of the molecule is CS(=O)(=O)C1CCN(c2cc3c(cc2[N+](=O)[O-])NC(=O)CC3)CC1. The molecule has 8 nitrogen and oxygen atoms in total.